The summed E-state index contributed by atoms with van der Waals surface area (Å²) in [5, 5.41) is 4.34. The van der Waals surface area contributed by atoms with Crippen LogP contribution in [-0.4, -0.2) is 19.7 Å². The van der Waals surface area contributed by atoms with E-state index < -0.39 is 0 Å². The summed E-state index contributed by atoms with van der Waals surface area (Å²) in [7, 11) is 0. The van der Waals surface area contributed by atoms with E-state index in [2.05, 4.69) is 5.32 Å². The number of rotatable bonds is 3. The first-order valence-corrected chi connectivity index (χ1v) is 5.80. The lowest BCUT2D eigenvalue weighted by atomic mass is 10.1. The van der Waals surface area contributed by atoms with Crippen LogP contribution >= 0.6 is 23.2 Å². The van der Waals surface area contributed by atoms with Gasteiger partial charge in [0.25, 0.3) is 0 Å². The van der Waals surface area contributed by atoms with E-state index in [0.717, 1.165) is 19.5 Å². The highest BCUT2D eigenvalue weighted by molar-refractivity contribution is 6.42. The van der Waals surface area contributed by atoms with Crippen molar-refractivity contribution in [2.45, 2.75) is 6.42 Å². The number of benzene rings is 1. The maximum Gasteiger partial charge on any atom is 0.139 e. The van der Waals surface area contributed by atoms with Crippen LogP contribution in [0.5, 0.6) is 5.75 Å². The molecule has 2 nitrogen and oxygen atoms in total. The molecule has 0 amide bonds. The molecule has 1 N–H and O–H groups in total. The van der Waals surface area contributed by atoms with Gasteiger partial charge in [0.15, 0.2) is 0 Å². The van der Waals surface area contributed by atoms with Crippen molar-refractivity contribution in [2.75, 3.05) is 19.7 Å². The molecule has 4 heteroatoms. The normalized spacial score (nSPS) is 20.5. The SMILES string of the molecule is Clc1cccc(OC[C@@H]2CCNC2)c1Cl. The topological polar surface area (TPSA) is 21.3 Å². The standard InChI is InChI=1S/C11H13Cl2NO/c12-9-2-1-3-10(11(9)13)15-7-8-4-5-14-6-8/h1-3,8,14H,4-7H2/t8-/m1/s1. The molecule has 82 valence electrons. The second-order valence-electron chi connectivity index (χ2n) is 3.72. The zero-order valence-electron chi connectivity index (χ0n) is 8.30. The van der Waals surface area contributed by atoms with Crippen LogP contribution in [-0.2, 0) is 0 Å². The first kappa shape index (κ1) is 11.1. The van der Waals surface area contributed by atoms with Gasteiger partial charge in [0.1, 0.15) is 10.8 Å². The van der Waals surface area contributed by atoms with E-state index in [4.69, 9.17) is 27.9 Å². The predicted octanol–water partition coefficient (Wildman–Crippen LogP) is 2.98. The molecule has 1 fully saturated rings. The van der Waals surface area contributed by atoms with Gasteiger partial charge in [-0.15, -0.1) is 0 Å². The predicted molar refractivity (Wildman–Crippen MR) is 62.9 cm³/mol. The van der Waals surface area contributed by atoms with Crippen molar-refractivity contribution in [2.24, 2.45) is 5.92 Å². The lowest BCUT2D eigenvalue weighted by Gasteiger charge is -2.12. The Hall–Kier alpha value is -0.440. The fourth-order valence-corrected chi connectivity index (χ4v) is 2.01. The molecule has 15 heavy (non-hydrogen) atoms. The van der Waals surface area contributed by atoms with Crippen LogP contribution in [0.1, 0.15) is 6.42 Å². The molecule has 0 spiro atoms. The summed E-state index contributed by atoms with van der Waals surface area (Å²) in [6.07, 6.45) is 1.16. The minimum atomic E-state index is 0.505. The van der Waals surface area contributed by atoms with Gasteiger partial charge in [-0.1, -0.05) is 29.3 Å². The van der Waals surface area contributed by atoms with Gasteiger partial charge in [0.05, 0.1) is 11.6 Å². The van der Waals surface area contributed by atoms with E-state index in [0.29, 0.717) is 28.3 Å². The first-order valence-electron chi connectivity index (χ1n) is 5.05. The van der Waals surface area contributed by atoms with Crippen molar-refractivity contribution in [1.82, 2.24) is 5.32 Å². The summed E-state index contributed by atoms with van der Waals surface area (Å²) in [5.41, 5.74) is 0. The van der Waals surface area contributed by atoms with Crippen LogP contribution in [0, 0.1) is 5.92 Å². The van der Waals surface area contributed by atoms with Crippen LogP contribution in [0.3, 0.4) is 0 Å². The number of ether oxygens (including phenoxy) is 1. The van der Waals surface area contributed by atoms with Gasteiger partial charge in [-0.25, -0.2) is 0 Å². The van der Waals surface area contributed by atoms with E-state index in [1.54, 1.807) is 6.07 Å². The van der Waals surface area contributed by atoms with Crippen molar-refractivity contribution in [3.63, 3.8) is 0 Å². The quantitative estimate of drug-likeness (QED) is 0.885. The molecule has 0 bridgehead atoms. The molecule has 1 aliphatic heterocycles. The van der Waals surface area contributed by atoms with Crippen LogP contribution in [0.2, 0.25) is 10.0 Å². The van der Waals surface area contributed by atoms with Crippen molar-refractivity contribution in [3.05, 3.63) is 28.2 Å². The monoisotopic (exact) mass is 245 g/mol. The lowest BCUT2D eigenvalue weighted by molar-refractivity contribution is 0.260. The highest BCUT2D eigenvalue weighted by Gasteiger charge is 2.15. The Kier molecular flexibility index (Phi) is 3.73. The van der Waals surface area contributed by atoms with E-state index in [9.17, 15) is 0 Å². The average molecular weight is 246 g/mol. The smallest absolute Gasteiger partial charge is 0.139 e. The van der Waals surface area contributed by atoms with E-state index in [-0.39, 0.29) is 0 Å². The molecule has 0 aliphatic carbocycles. The van der Waals surface area contributed by atoms with Gasteiger partial charge < -0.3 is 10.1 Å². The van der Waals surface area contributed by atoms with Gasteiger partial charge in [-0.3, -0.25) is 0 Å². The summed E-state index contributed by atoms with van der Waals surface area (Å²) in [6.45, 7) is 2.81. The molecule has 1 aromatic carbocycles. The highest BCUT2D eigenvalue weighted by Crippen LogP contribution is 2.31. The second-order valence-corrected chi connectivity index (χ2v) is 4.51. The molecule has 1 aromatic rings. The Morgan fingerprint density at radius 1 is 1.40 bits per heavy atom. The maximum absolute atomic E-state index is 6.01. The second kappa shape index (κ2) is 5.06. The fraction of sp³-hybridized carbons (Fsp3) is 0.455. The maximum atomic E-state index is 6.01. The lowest BCUT2D eigenvalue weighted by Crippen LogP contribution is -2.15. The third-order valence-electron chi connectivity index (χ3n) is 2.55. The molecule has 0 radical (unpaired) electrons. The van der Waals surface area contributed by atoms with E-state index in [1.165, 1.54) is 0 Å². The molecule has 1 atom stereocenters. The van der Waals surface area contributed by atoms with E-state index in [1.807, 2.05) is 12.1 Å². The van der Waals surface area contributed by atoms with Crippen molar-refractivity contribution < 1.29 is 4.74 Å². The molecule has 1 heterocycles. The van der Waals surface area contributed by atoms with Crippen LogP contribution < -0.4 is 10.1 Å². The Bertz CT molecular complexity index is 337. The van der Waals surface area contributed by atoms with Crippen molar-refractivity contribution in [3.8, 4) is 5.75 Å². The minimum Gasteiger partial charge on any atom is -0.492 e. The Morgan fingerprint density at radius 3 is 3.00 bits per heavy atom. The molecule has 2 rings (SSSR count). The van der Waals surface area contributed by atoms with Gasteiger partial charge in [-0.05, 0) is 25.1 Å². The third kappa shape index (κ3) is 2.77. The minimum absolute atomic E-state index is 0.505. The summed E-state index contributed by atoms with van der Waals surface area (Å²) < 4.78 is 5.65. The molecule has 0 aromatic heterocycles. The molecule has 0 unspecified atom stereocenters. The Balaban J connectivity index is 1.95. The van der Waals surface area contributed by atoms with Gasteiger partial charge in [-0.2, -0.15) is 0 Å². The Labute approximate surface area is 99.5 Å². The first-order chi connectivity index (χ1) is 7.27. The molecule has 0 saturated carbocycles. The number of halogens is 2. The fourth-order valence-electron chi connectivity index (χ4n) is 1.66. The largest absolute Gasteiger partial charge is 0.492 e. The Morgan fingerprint density at radius 2 is 2.27 bits per heavy atom. The van der Waals surface area contributed by atoms with Crippen LogP contribution in [0.15, 0.2) is 18.2 Å². The number of hydrogen-bond donors (Lipinski definition) is 1. The van der Waals surface area contributed by atoms with Gasteiger partial charge >= 0.3 is 0 Å². The summed E-state index contributed by atoms with van der Waals surface area (Å²) >= 11 is 11.9. The average Bonchev–Trinajstić information content (AvgIpc) is 2.73. The van der Waals surface area contributed by atoms with Gasteiger partial charge in [0, 0.05) is 12.5 Å². The zero-order valence-corrected chi connectivity index (χ0v) is 9.81. The summed E-state index contributed by atoms with van der Waals surface area (Å²) in [4.78, 5) is 0. The van der Waals surface area contributed by atoms with Crippen molar-refractivity contribution >= 4 is 23.2 Å². The molecule has 1 aliphatic rings. The number of nitrogens with one attached hydrogen (secondary N) is 1. The zero-order chi connectivity index (χ0) is 10.7. The molecule has 1 saturated heterocycles. The highest BCUT2D eigenvalue weighted by atomic mass is 35.5. The van der Waals surface area contributed by atoms with Crippen LogP contribution in [0.4, 0.5) is 0 Å². The van der Waals surface area contributed by atoms with E-state index >= 15 is 0 Å². The molecular weight excluding hydrogens is 233 g/mol. The van der Waals surface area contributed by atoms with Crippen molar-refractivity contribution in [1.29, 1.82) is 0 Å². The van der Waals surface area contributed by atoms with Gasteiger partial charge in [0.2, 0.25) is 0 Å². The summed E-state index contributed by atoms with van der Waals surface area (Å²) in [5.74, 6) is 1.26. The molecular formula is C11H13Cl2NO. The third-order valence-corrected chi connectivity index (χ3v) is 3.35. The summed E-state index contributed by atoms with van der Waals surface area (Å²) in [6, 6.07) is 5.45. The number of hydrogen-bond acceptors (Lipinski definition) is 2. The van der Waals surface area contributed by atoms with Crippen LogP contribution in [0.25, 0.3) is 0 Å².